The second-order valence-corrected chi connectivity index (χ2v) is 6.55. The molecule has 0 saturated carbocycles. The molecule has 0 spiro atoms. The molecule has 2 atom stereocenters. The summed E-state index contributed by atoms with van der Waals surface area (Å²) < 4.78 is 0. The second kappa shape index (κ2) is 4.31. The van der Waals surface area contributed by atoms with Crippen LogP contribution in [0, 0.1) is 0 Å². The predicted octanol–water partition coefficient (Wildman–Crippen LogP) is 1.27. The molecule has 0 aromatic carbocycles. The van der Waals surface area contributed by atoms with Gasteiger partial charge in [0.15, 0.2) is 11.5 Å². The summed E-state index contributed by atoms with van der Waals surface area (Å²) in [5, 5.41) is 1.17. The number of imidazole rings is 1. The highest BCUT2D eigenvalue weighted by Crippen LogP contribution is 2.30. The average molecular weight is 264 g/mol. The van der Waals surface area contributed by atoms with E-state index >= 15 is 0 Å². The molecule has 1 saturated heterocycles. The molecule has 0 bridgehead atoms. The van der Waals surface area contributed by atoms with Gasteiger partial charge in [-0.05, 0) is 0 Å². The lowest BCUT2D eigenvalue weighted by Gasteiger charge is -2.35. The monoisotopic (exact) mass is 264 g/mol. The van der Waals surface area contributed by atoms with Gasteiger partial charge in [-0.15, -0.1) is 0 Å². The van der Waals surface area contributed by atoms with Crippen molar-refractivity contribution in [1.82, 2.24) is 19.9 Å². The van der Waals surface area contributed by atoms with E-state index in [-0.39, 0.29) is 5.95 Å². The molecule has 96 valence electrons. The number of rotatable bonds is 1. The van der Waals surface area contributed by atoms with Gasteiger partial charge in [-0.3, -0.25) is 0 Å². The molecule has 18 heavy (non-hydrogen) atoms. The maximum Gasteiger partial charge on any atom is 0.224 e. The van der Waals surface area contributed by atoms with Crippen LogP contribution < -0.4 is 10.6 Å². The van der Waals surface area contributed by atoms with Gasteiger partial charge < -0.3 is 15.6 Å². The number of nitrogens with zero attached hydrogens (tertiary/aromatic N) is 4. The van der Waals surface area contributed by atoms with Gasteiger partial charge in [0.05, 0.1) is 6.33 Å². The minimum Gasteiger partial charge on any atom is -0.368 e. The summed E-state index contributed by atoms with van der Waals surface area (Å²) in [6.07, 6.45) is 1.63. The third kappa shape index (κ3) is 1.98. The van der Waals surface area contributed by atoms with E-state index in [1.807, 2.05) is 11.8 Å². The van der Waals surface area contributed by atoms with Crippen LogP contribution in [0.4, 0.5) is 11.8 Å². The summed E-state index contributed by atoms with van der Waals surface area (Å²) in [4.78, 5) is 18.0. The summed E-state index contributed by atoms with van der Waals surface area (Å²) in [6, 6.07) is 0. The lowest BCUT2D eigenvalue weighted by Crippen LogP contribution is -2.41. The van der Waals surface area contributed by atoms with Crippen LogP contribution in [0.15, 0.2) is 6.33 Å². The Hall–Kier alpha value is -1.50. The number of nitrogens with one attached hydrogen (secondary N) is 1. The number of thioether (sulfide) groups is 1. The Bertz CT molecular complexity index is 558. The van der Waals surface area contributed by atoms with E-state index in [4.69, 9.17) is 5.73 Å². The van der Waals surface area contributed by atoms with Crippen LogP contribution in [-0.2, 0) is 0 Å². The normalized spacial score (nSPS) is 24.7. The quantitative estimate of drug-likeness (QED) is 0.807. The van der Waals surface area contributed by atoms with E-state index in [1.54, 1.807) is 6.33 Å². The lowest BCUT2D eigenvalue weighted by molar-refractivity contribution is 0.720. The molecule has 2 aromatic rings. The summed E-state index contributed by atoms with van der Waals surface area (Å²) >= 11 is 2.01. The maximum atomic E-state index is 5.75. The first-order valence-electron chi connectivity index (χ1n) is 6.00. The van der Waals surface area contributed by atoms with Crippen molar-refractivity contribution in [2.45, 2.75) is 24.3 Å². The van der Waals surface area contributed by atoms with Crippen molar-refractivity contribution in [2.75, 3.05) is 23.7 Å². The molecule has 2 unspecified atom stereocenters. The van der Waals surface area contributed by atoms with E-state index in [9.17, 15) is 0 Å². The number of fused-ring (bicyclic) bond motifs is 1. The van der Waals surface area contributed by atoms with Crippen LogP contribution in [0.25, 0.3) is 11.2 Å². The summed E-state index contributed by atoms with van der Waals surface area (Å²) in [5.74, 6) is 1.15. The minimum absolute atomic E-state index is 0.281. The van der Waals surface area contributed by atoms with Crippen molar-refractivity contribution in [1.29, 1.82) is 0 Å². The fraction of sp³-hybridized carbons (Fsp3) is 0.545. The minimum atomic E-state index is 0.281. The van der Waals surface area contributed by atoms with Gasteiger partial charge in [0.2, 0.25) is 5.95 Å². The van der Waals surface area contributed by atoms with Crippen molar-refractivity contribution < 1.29 is 0 Å². The van der Waals surface area contributed by atoms with E-state index < -0.39 is 0 Å². The highest BCUT2D eigenvalue weighted by Gasteiger charge is 2.25. The van der Waals surface area contributed by atoms with Crippen molar-refractivity contribution >= 4 is 34.7 Å². The number of anilines is 2. The van der Waals surface area contributed by atoms with Crippen molar-refractivity contribution in [3.8, 4) is 0 Å². The molecule has 0 radical (unpaired) electrons. The molecular weight excluding hydrogens is 248 g/mol. The molecule has 1 fully saturated rings. The predicted molar refractivity (Wildman–Crippen MR) is 74.8 cm³/mol. The van der Waals surface area contributed by atoms with Crippen LogP contribution in [0.3, 0.4) is 0 Å². The van der Waals surface area contributed by atoms with Crippen LogP contribution in [0.1, 0.15) is 13.8 Å². The van der Waals surface area contributed by atoms with E-state index in [1.165, 1.54) is 0 Å². The van der Waals surface area contributed by atoms with Crippen LogP contribution in [0.2, 0.25) is 0 Å². The molecule has 2 aromatic heterocycles. The Kier molecular flexibility index (Phi) is 2.77. The number of nitrogens with two attached hydrogens (primary N) is 1. The molecule has 3 heterocycles. The van der Waals surface area contributed by atoms with Crippen LogP contribution >= 0.6 is 11.8 Å². The zero-order valence-electron chi connectivity index (χ0n) is 10.4. The van der Waals surface area contributed by atoms with Gasteiger partial charge in [-0.2, -0.15) is 21.7 Å². The summed E-state index contributed by atoms with van der Waals surface area (Å²) in [5.41, 5.74) is 7.26. The standard InChI is InChI=1S/C11H16N6S/c1-6-3-17(4-7(2)18-6)10-8-9(14-5-13-8)15-11(12)16-10/h5-7H,3-4H2,1-2H3,(H3,12,13,14,15,16). The van der Waals surface area contributed by atoms with Gasteiger partial charge in [-0.1, -0.05) is 13.8 Å². The van der Waals surface area contributed by atoms with E-state index in [0.717, 1.165) is 24.4 Å². The smallest absolute Gasteiger partial charge is 0.224 e. The second-order valence-electron chi connectivity index (χ2n) is 4.67. The maximum absolute atomic E-state index is 5.75. The Labute approximate surface area is 109 Å². The zero-order valence-corrected chi connectivity index (χ0v) is 11.2. The van der Waals surface area contributed by atoms with Gasteiger partial charge in [0, 0.05) is 23.6 Å². The number of hydrogen-bond acceptors (Lipinski definition) is 6. The number of nitrogen functional groups attached to an aromatic ring is 1. The van der Waals surface area contributed by atoms with Gasteiger partial charge in [-0.25, -0.2) is 4.98 Å². The van der Waals surface area contributed by atoms with Crippen molar-refractivity contribution in [3.05, 3.63) is 6.33 Å². The van der Waals surface area contributed by atoms with Crippen LogP contribution in [0.5, 0.6) is 0 Å². The number of hydrogen-bond donors (Lipinski definition) is 2. The number of aromatic amines is 1. The van der Waals surface area contributed by atoms with Gasteiger partial charge >= 0.3 is 0 Å². The largest absolute Gasteiger partial charge is 0.368 e. The Morgan fingerprint density at radius 3 is 2.78 bits per heavy atom. The molecule has 3 rings (SSSR count). The summed E-state index contributed by atoms with van der Waals surface area (Å²) in [6.45, 7) is 6.42. The average Bonchev–Trinajstić information content (AvgIpc) is 2.74. The molecule has 3 N–H and O–H groups in total. The third-order valence-corrected chi connectivity index (χ3v) is 4.23. The molecule has 1 aliphatic heterocycles. The van der Waals surface area contributed by atoms with Crippen LogP contribution in [-0.4, -0.2) is 43.5 Å². The first-order chi connectivity index (χ1) is 8.63. The first kappa shape index (κ1) is 11.6. The molecule has 6 nitrogen and oxygen atoms in total. The fourth-order valence-electron chi connectivity index (χ4n) is 2.41. The first-order valence-corrected chi connectivity index (χ1v) is 6.95. The Morgan fingerprint density at radius 1 is 1.33 bits per heavy atom. The molecule has 0 amide bonds. The summed E-state index contributed by atoms with van der Waals surface area (Å²) in [7, 11) is 0. The van der Waals surface area contributed by atoms with E-state index in [0.29, 0.717) is 16.1 Å². The van der Waals surface area contributed by atoms with Crippen molar-refractivity contribution in [2.24, 2.45) is 0 Å². The van der Waals surface area contributed by atoms with Crippen molar-refractivity contribution in [3.63, 3.8) is 0 Å². The molecule has 1 aliphatic rings. The van der Waals surface area contributed by atoms with Gasteiger partial charge in [0.1, 0.15) is 5.52 Å². The number of H-pyrrole nitrogens is 1. The topological polar surface area (TPSA) is 83.7 Å². The SMILES string of the molecule is CC1CN(c2nc(N)nc3nc[nH]c23)CC(C)S1. The number of aromatic nitrogens is 4. The molecule has 0 aliphatic carbocycles. The van der Waals surface area contributed by atoms with E-state index in [2.05, 4.69) is 38.7 Å². The molecule has 7 heteroatoms. The highest BCUT2D eigenvalue weighted by molar-refractivity contribution is 8.00. The fourth-order valence-corrected chi connectivity index (χ4v) is 3.74. The molecular formula is C11H16N6S. The lowest BCUT2D eigenvalue weighted by atomic mass is 10.3. The Morgan fingerprint density at radius 2 is 2.06 bits per heavy atom. The zero-order chi connectivity index (χ0) is 12.7. The highest BCUT2D eigenvalue weighted by atomic mass is 32.2. The Balaban J connectivity index is 2.05. The van der Waals surface area contributed by atoms with Gasteiger partial charge in [0.25, 0.3) is 0 Å². The third-order valence-electron chi connectivity index (χ3n) is 3.00.